The van der Waals surface area contributed by atoms with Gasteiger partial charge in [-0.1, -0.05) is 12.1 Å². The van der Waals surface area contributed by atoms with Gasteiger partial charge in [-0.2, -0.15) is 0 Å². The zero-order valence-corrected chi connectivity index (χ0v) is 13.5. The molecular formula is C18H17N3OS. The molecule has 3 heterocycles. The highest BCUT2D eigenvalue weighted by molar-refractivity contribution is 7.18. The summed E-state index contributed by atoms with van der Waals surface area (Å²) in [6.45, 7) is 0.793. The van der Waals surface area contributed by atoms with Crippen LogP contribution in [0.3, 0.4) is 0 Å². The molecule has 0 aliphatic carbocycles. The van der Waals surface area contributed by atoms with E-state index in [0.29, 0.717) is 5.56 Å². The zero-order chi connectivity index (χ0) is 15.6. The smallest absolute Gasteiger partial charge is 0.254 e. The molecule has 1 aliphatic rings. The first kappa shape index (κ1) is 14.3. The van der Waals surface area contributed by atoms with Crippen LogP contribution in [0.15, 0.2) is 48.8 Å². The number of rotatable bonds is 2. The minimum Gasteiger partial charge on any atom is -0.329 e. The third-order valence-electron chi connectivity index (χ3n) is 4.29. The normalized spacial score (nSPS) is 18.3. The number of hydrogen-bond acceptors (Lipinski definition) is 4. The lowest BCUT2D eigenvalue weighted by Gasteiger charge is -2.34. The molecule has 1 aliphatic heterocycles. The summed E-state index contributed by atoms with van der Waals surface area (Å²) in [5.41, 5.74) is 1.72. The lowest BCUT2D eigenvalue weighted by molar-refractivity contribution is 0.0611. The number of nitrogens with zero attached hydrogens (tertiary/aromatic N) is 3. The van der Waals surface area contributed by atoms with E-state index in [9.17, 15) is 4.79 Å². The van der Waals surface area contributed by atoms with Crippen molar-refractivity contribution in [2.75, 3.05) is 6.54 Å². The summed E-state index contributed by atoms with van der Waals surface area (Å²) in [4.78, 5) is 23.6. The molecule has 1 aromatic carbocycles. The van der Waals surface area contributed by atoms with E-state index in [1.807, 2.05) is 23.1 Å². The first-order valence-corrected chi connectivity index (χ1v) is 8.71. The molecular weight excluding hydrogens is 306 g/mol. The number of hydrogen-bond donors (Lipinski definition) is 0. The van der Waals surface area contributed by atoms with Gasteiger partial charge in [-0.05, 0) is 43.5 Å². The Morgan fingerprint density at radius 1 is 1.13 bits per heavy atom. The van der Waals surface area contributed by atoms with Gasteiger partial charge in [-0.25, -0.2) is 4.98 Å². The number of carbonyl (C=O) groups is 1. The first-order valence-electron chi connectivity index (χ1n) is 7.89. The second kappa shape index (κ2) is 6.08. The van der Waals surface area contributed by atoms with Gasteiger partial charge in [-0.15, -0.1) is 11.3 Å². The van der Waals surface area contributed by atoms with Crippen LogP contribution >= 0.6 is 11.3 Å². The van der Waals surface area contributed by atoms with Crippen molar-refractivity contribution < 1.29 is 4.79 Å². The molecule has 0 spiro atoms. The highest BCUT2D eigenvalue weighted by Gasteiger charge is 2.30. The zero-order valence-electron chi connectivity index (χ0n) is 12.7. The van der Waals surface area contributed by atoms with E-state index < -0.39 is 0 Å². The van der Waals surface area contributed by atoms with Gasteiger partial charge in [0.15, 0.2) is 0 Å². The quantitative estimate of drug-likeness (QED) is 0.714. The van der Waals surface area contributed by atoms with Crippen LogP contribution in [0.4, 0.5) is 0 Å². The van der Waals surface area contributed by atoms with Crippen LogP contribution in [0, 0.1) is 0 Å². The molecule has 5 heteroatoms. The van der Waals surface area contributed by atoms with Gasteiger partial charge in [0, 0.05) is 24.5 Å². The van der Waals surface area contributed by atoms with E-state index in [4.69, 9.17) is 4.98 Å². The highest BCUT2D eigenvalue weighted by atomic mass is 32.1. The predicted molar refractivity (Wildman–Crippen MR) is 91.5 cm³/mol. The Hall–Kier alpha value is -2.27. The number of piperidine rings is 1. The van der Waals surface area contributed by atoms with E-state index in [-0.39, 0.29) is 11.9 Å². The van der Waals surface area contributed by atoms with E-state index in [0.717, 1.165) is 36.3 Å². The van der Waals surface area contributed by atoms with Gasteiger partial charge in [0.25, 0.3) is 5.91 Å². The van der Waals surface area contributed by atoms with Crippen molar-refractivity contribution in [3.05, 3.63) is 59.4 Å². The molecule has 0 radical (unpaired) electrons. The summed E-state index contributed by atoms with van der Waals surface area (Å²) in [6, 6.07) is 11.8. The topological polar surface area (TPSA) is 46.1 Å². The fraction of sp³-hybridized carbons (Fsp3) is 0.278. The molecule has 3 aromatic rings. The molecule has 23 heavy (non-hydrogen) atoms. The van der Waals surface area contributed by atoms with Crippen LogP contribution in [0.5, 0.6) is 0 Å². The average Bonchev–Trinajstić information content (AvgIpc) is 3.06. The van der Waals surface area contributed by atoms with Crippen LogP contribution in [-0.4, -0.2) is 27.3 Å². The van der Waals surface area contributed by atoms with E-state index in [1.165, 1.54) is 4.70 Å². The Labute approximate surface area is 138 Å². The molecule has 4 nitrogen and oxygen atoms in total. The number of pyridine rings is 1. The van der Waals surface area contributed by atoms with Crippen LogP contribution < -0.4 is 0 Å². The van der Waals surface area contributed by atoms with Crippen LogP contribution in [0.2, 0.25) is 0 Å². The maximum absolute atomic E-state index is 12.9. The van der Waals surface area contributed by atoms with E-state index in [2.05, 4.69) is 11.1 Å². The summed E-state index contributed by atoms with van der Waals surface area (Å²) in [5.74, 6) is 0.0800. The number of benzene rings is 1. The monoisotopic (exact) mass is 323 g/mol. The predicted octanol–water partition coefficient (Wildman–Crippen LogP) is 4.06. The Morgan fingerprint density at radius 2 is 1.96 bits per heavy atom. The average molecular weight is 323 g/mol. The van der Waals surface area contributed by atoms with Crippen LogP contribution in [0.25, 0.3) is 10.2 Å². The van der Waals surface area contributed by atoms with Gasteiger partial charge in [0.05, 0.1) is 16.3 Å². The molecule has 1 atom stereocenters. The van der Waals surface area contributed by atoms with Crippen LogP contribution in [0.1, 0.15) is 40.7 Å². The number of para-hydroxylation sites is 1. The molecule has 0 bridgehead atoms. The lowest BCUT2D eigenvalue weighted by Crippen LogP contribution is -2.38. The Bertz CT molecular complexity index is 797. The van der Waals surface area contributed by atoms with Crippen molar-refractivity contribution in [2.45, 2.75) is 25.3 Å². The number of fused-ring (bicyclic) bond motifs is 1. The van der Waals surface area contributed by atoms with E-state index in [1.54, 1.807) is 35.9 Å². The largest absolute Gasteiger partial charge is 0.329 e. The standard InChI is InChI=1S/C18H17N3OS/c22-18(13-8-10-19-11-9-13)21-12-4-3-6-15(21)17-20-14-5-1-2-7-16(14)23-17/h1-2,5,7-11,15H,3-4,6,12H2. The van der Waals surface area contributed by atoms with Crippen LogP contribution in [-0.2, 0) is 0 Å². The number of amides is 1. The molecule has 4 rings (SSSR count). The minimum absolute atomic E-state index is 0.0800. The summed E-state index contributed by atoms with van der Waals surface area (Å²) in [6.07, 6.45) is 6.52. The summed E-state index contributed by atoms with van der Waals surface area (Å²) in [7, 11) is 0. The number of thiazole rings is 1. The maximum Gasteiger partial charge on any atom is 0.254 e. The second-order valence-electron chi connectivity index (χ2n) is 5.77. The van der Waals surface area contributed by atoms with E-state index >= 15 is 0 Å². The Balaban J connectivity index is 1.69. The fourth-order valence-corrected chi connectivity index (χ4v) is 4.24. The maximum atomic E-state index is 12.9. The molecule has 116 valence electrons. The molecule has 0 saturated carbocycles. The fourth-order valence-electron chi connectivity index (χ4n) is 3.12. The molecule has 2 aromatic heterocycles. The number of likely N-dealkylation sites (tertiary alicyclic amines) is 1. The third-order valence-corrected chi connectivity index (χ3v) is 5.42. The molecule has 1 amide bonds. The van der Waals surface area contributed by atoms with Crippen molar-refractivity contribution in [3.8, 4) is 0 Å². The third kappa shape index (κ3) is 2.72. The summed E-state index contributed by atoms with van der Waals surface area (Å²) in [5, 5.41) is 1.05. The van der Waals surface area contributed by atoms with Gasteiger partial charge in [0.2, 0.25) is 0 Å². The number of aromatic nitrogens is 2. The van der Waals surface area contributed by atoms with Crippen molar-refractivity contribution in [2.24, 2.45) is 0 Å². The van der Waals surface area contributed by atoms with Gasteiger partial charge in [0.1, 0.15) is 5.01 Å². The molecule has 0 N–H and O–H groups in total. The number of carbonyl (C=O) groups excluding carboxylic acids is 1. The SMILES string of the molecule is O=C(c1ccncc1)N1CCCCC1c1nc2ccccc2s1. The lowest BCUT2D eigenvalue weighted by atomic mass is 10.0. The van der Waals surface area contributed by atoms with Gasteiger partial charge in [-0.3, -0.25) is 9.78 Å². The van der Waals surface area contributed by atoms with Crippen molar-refractivity contribution >= 4 is 27.5 Å². The molecule has 1 saturated heterocycles. The summed E-state index contributed by atoms with van der Waals surface area (Å²) >= 11 is 1.70. The van der Waals surface area contributed by atoms with Crippen molar-refractivity contribution in [1.29, 1.82) is 0 Å². The second-order valence-corrected chi connectivity index (χ2v) is 6.83. The first-order chi connectivity index (χ1) is 11.3. The molecule has 1 fully saturated rings. The Kier molecular flexibility index (Phi) is 3.79. The highest BCUT2D eigenvalue weighted by Crippen LogP contribution is 2.36. The van der Waals surface area contributed by atoms with Crippen molar-refractivity contribution in [1.82, 2.24) is 14.9 Å². The van der Waals surface area contributed by atoms with Gasteiger partial charge >= 0.3 is 0 Å². The Morgan fingerprint density at radius 3 is 2.78 bits per heavy atom. The molecule has 1 unspecified atom stereocenters. The van der Waals surface area contributed by atoms with Crippen molar-refractivity contribution in [3.63, 3.8) is 0 Å². The minimum atomic E-state index is 0.0800. The van der Waals surface area contributed by atoms with Gasteiger partial charge < -0.3 is 4.90 Å². The summed E-state index contributed by atoms with van der Waals surface area (Å²) < 4.78 is 1.18.